The SMILES string of the molecule is CCCn1nccc1NC(=O)[C@@H]1CC[C@H](CN)O1.Cl. The van der Waals surface area contributed by atoms with E-state index in [0.29, 0.717) is 6.54 Å². The van der Waals surface area contributed by atoms with Gasteiger partial charge in [-0.25, -0.2) is 4.68 Å². The third kappa shape index (κ3) is 3.92. The molecule has 0 aliphatic carbocycles. The lowest BCUT2D eigenvalue weighted by Gasteiger charge is -2.13. The maximum absolute atomic E-state index is 12.0. The maximum Gasteiger partial charge on any atom is 0.254 e. The first-order chi connectivity index (χ1) is 8.74. The van der Waals surface area contributed by atoms with Crippen molar-refractivity contribution in [2.24, 2.45) is 5.73 Å². The molecule has 0 saturated carbocycles. The van der Waals surface area contributed by atoms with E-state index in [-0.39, 0.29) is 30.5 Å². The lowest BCUT2D eigenvalue weighted by molar-refractivity contribution is -0.126. The highest BCUT2D eigenvalue weighted by Gasteiger charge is 2.30. The van der Waals surface area contributed by atoms with Crippen molar-refractivity contribution in [3.8, 4) is 0 Å². The molecule has 0 aromatic carbocycles. The number of anilines is 1. The predicted octanol–water partition coefficient (Wildman–Crippen LogP) is 1.16. The van der Waals surface area contributed by atoms with E-state index in [1.807, 2.05) is 0 Å². The van der Waals surface area contributed by atoms with Gasteiger partial charge in [-0.15, -0.1) is 12.4 Å². The lowest BCUT2D eigenvalue weighted by Crippen LogP contribution is -2.30. The number of nitrogens with two attached hydrogens (primary N) is 1. The molecule has 1 fully saturated rings. The summed E-state index contributed by atoms with van der Waals surface area (Å²) in [5.74, 6) is 0.616. The van der Waals surface area contributed by atoms with Crippen molar-refractivity contribution in [1.29, 1.82) is 0 Å². The second kappa shape index (κ2) is 7.47. The van der Waals surface area contributed by atoms with Crippen molar-refractivity contribution in [3.05, 3.63) is 12.3 Å². The third-order valence-electron chi connectivity index (χ3n) is 3.07. The summed E-state index contributed by atoms with van der Waals surface area (Å²) >= 11 is 0. The van der Waals surface area contributed by atoms with Crippen LogP contribution in [0.3, 0.4) is 0 Å². The highest BCUT2D eigenvalue weighted by Crippen LogP contribution is 2.20. The number of carbonyl (C=O) groups is 1. The standard InChI is InChI=1S/C12H20N4O2.ClH/c1-2-7-16-11(5-6-14-16)15-12(17)10-4-3-9(8-13)18-10;/h5-6,9-10H,2-4,7-8,13H2,1H3,(H,15,17);1H/t9-,10+;/m1./s1. The van der Waals surface area contributed by atoms with Gasteiger partial charge in [0, 0.05) is 19.2 Å². The molecule has 1 amide bonds. The molecule has 2 heterocycles. The van der Waals surface area contributed by atoms with Crippen molar-refractivity contribution < 1.29 is 9.53 Å². The summed E-state index contributed by atoms with van der Waals surface area (Å²) < 4.78 is 7.34. The molecule has 0 unspecified atom stereocenters. The number of nitrogens with zero attached hydrogens (tertiary/aromatic N) is 2. The first-order valence-corrected chi connectivity index (χ1v) is 6.42. The highest BCUT2D eigenvalue weighted by molar-refractivity contribution is 5.93. The highest BCUT2D eigenvalue weighted by atomic mass is 35.5. The third-order valence-corrected chi connectivity index (χ3v) is 3.07. The van der Waals surface area contributed by atoms with Gasteiger partial charge in [-0.1, -0.05) is 6.92 Å². The fourth-order valence-electron chi connectivity index (χ4n) is 2.11. The van der Waals surface area contributed by atoms with Crippen LogP contribution >= 0.6 is 12.4 Å². The number of hydrogen-bond acceptors (Lipinski definition) is 4. The van der Waals surface area contributed by atoms with E-state index in [9.17, 15) is 4.79 Å². The molecule has 1 aromatic rings. The molecular weight excluding hydrogens is 268 g/mol. The van der Waals surface area contributed by atoms with E-state index in [4.69, 9.17) is 10.5 Å². The van der Waals surface area contributed by atoms with Crippen LogP contribution in [-0.2, 0) is 16.1 Å². The molecule has 1 aromatic heterocycles. The van der Waals surface area contributed by atoms with E-state index in [1.165, 1.54) is 0 Å². The molecule has 2 rings (SSSR count). The number of ether oxygens (including phenoxy) is 1. The Morgan fingerprint density at radius 1 is 1.63 bits per heavy atom. The Bertz CT molecular complexity index is 410. The normalized spacial score (nSPS) is 22.0. The zero-order chi connectivity index (χ0) is 13.0. The molecular formula is C12H21ClN4O2. The van der Waals surface area contributed by atoms with Crippen molar-refractivity contribution in [2.45, 2.75) is 44.9 Å². The lowest BCUT2D eigenvalue weighted by atomic mass is 10.2. The fourth-order valence-corrected chi connectivity index (χ4v) is 2.11. The summed E-state index contributed by atoms with van der Waals surface area (Å²) in [6, 6.07) is 1.79. The van der Waals surface area contributed by atoms with Gasteiger partial charge in [-0.05, 0) is 19.3 Å². The molecule has 2 atom stereocenters. The zero-order valence-electron chi connectivity index (χ0n) is 11.0. The van der Waals surface area contributed by atoms with Gasteiger partial charge in [-0.3, -0.25) is 4.79 Å². The summed E-state index contributed by atoms with van der Waals surface area (Å²) in [6.07, 6.45) is 3.87. The average Bonchev–Trinajstić information content (AvgIpc) is 2.99. The Labute approximate surface area is 119 Å². The Kier molecular flexibility index (Phi) is 6.27. The summed E-state index contributed by atoms with van der Waals surface area (Å²) in [5, 5.41) is 7.02. The van der Waals surface area contributed by atoms with Gasteiger partial charge < -0.3 is 15.8 Å². The molecule has 1 aliphatic rings. The molecule has 0 radical (unpaired) electrons. The minimum Gasteiger partial charge on any atom is -0.364 e. The second-order valence-electron chi connectivity index (χ2n) is 4.49. The molecule has 3 N–H and O–H groups in total. The molecule has 19 heavy (non-hydrogen) atoms. The molecule has 7 heteroatoms. The van der Waals surface area contributed by atoms with Crippen LogP contribution in [0.2, 0.25) is 0 Å². The summed E-state index contributed by atoms with van der Waals surface area (Å²) in [5.41, 5.74) is 5.53. The van der Waals surface area contributed by atoms with Gasteiger partial charge in [-0.2, -0.15) is 5.10 Å². The average molecular weight is 289 g/mol. The van der Waals surface area contributed by atoms with E-state index >= 15 is 0 Å². The topological polar surface area (TPSA) is 82.2 Å². The van der Waals surface area contributed by atoms with Crippen molar-refractivity contribution >= 4 is 24.1 Å². The van der Waals surface area contributed by atoms with Crippen LogP contribution in [0.25, 0.3) is 0 Å². The molecule has 1 saturated heterocycles. The van der Waals surface area contributed by atoms with Gasteiger partial charge in [0.2, 0.25) is 0 Å². The number of carbonyl (C=O) groups excluding carboxylic acids is 1. The van der Waals surface area contributed by atoms with Gasteiger partial charge in [0.15, 0.2) is 0 Å². The largest absolute Gasteiger partial charge is 0.364 e. The van der Waals surface area contributed by atoms with E-state index in [2.05, 4.69) is 17.3 Å². The summed E-state index contributed by atoms with van der Waals surface area (Å²) in [7, 11) is 0. The Hall–Kier alpha value is -1.11. The monoisotopic (exact) mass is 288 g/mol. The molecule has 0 spiro atoms. The fraction of sp³-hybridized carbons (Fsp3) is 0.667. The number of halogens is 1. The zero-order valence-corrected chi connectivity index (χ0v) is 11.9. The summed E-state index contributed by atoms with van der Waals surface area (Å²) in [4.78, 5) is 12.0. The number of nitrogens with one attached hydrogen (secondary N) is 1. The second-order valence-corrected chi connectivity index (χ2v) is 4.49. The van der Waals surface area contributed by atoms with Crippen LogP contribution in [0.1, 0.15) is 26.2 Å². The van der Waals surface area contributed by atoms with Crippen LogP contribution in [0.4, 0.5) is 5.82 Å². The van der Waals surface area contributed by atoms with E-state index in [1.54, 1.807) is 16.9 Å². The van der Waals surface area contributed by atoms with Crippen LogP contribution in [-0.4, -0.2) is 34.4 Å². The number of aryl methyl sites for hydroxylation is 1. The number of rotatable bonds is 5. The van der Waals surface area contributed by atoms with Crippen molar-refractivity contribution in [1.82, 2.24) is 9.78 Å². The maximum atomic E-state index is 12.0. The smallest absolute Gasteiger partial charge is 0.254 e. The van der Waals surface area contributed by atoms with Crippen LogP contribution in [0.15, 0.2) is 12.3 Å². The molecule has 6 nitrogen and oxygen atoms in total. The first kappa shape index (κ1) is 15.9. The van der Waals surface area contributed by atoms with Gasteiger partial charge in [0.1, 0.15) is 11.9 Å². The number of aromatic nitrogens is 2. The van der Waals surface area contributed by atoms with E-state index < -0.39 is 0 Å². The minimum absolute atomic E-state index is 0. The van der Waals surface area contributed by atoms with Crippen LogP contribution in [0, 0.1) is 0 Å². The number of hydrogen-bond donors (Lipinski definition) is 2. The van der Waals surface area contributed by atoms with Gasteiger partial charge in [0.05, 0.1) is 12.3 Å². The van der Waals surface area contributed by atoms with Crippen LogP contribution < -0.4 is 11.1 Å². The Morgan fingerprint density at radius 3 is 3.05 bits per heavy atom. The van der Waals surface area contributed by atoms with Crippen molar-refractivity contribution in [2.75, 3.05) is 11.9 Å². The van der Waals surface area contributed by atoms with Crippen molar-refractivity contribution in [3.63, 3.8) is 0 Å². The van der Waals surface area contributed by atoms with E-state index in [0.717, 1.165) is 31.6 Å². The quantitative estimate of drug-likeness (QED) is 0.852. The minimum atomic E-state index is -0.386. The molecule has 1 aliphatic heterocycles. The Balaban J connectivity index is 0.00000180. The molecule has 108 valence electrons. The van der Waals surface area contributed by atoms with Gasteiger partial charge in [0.25, 0.3) is 5.91 Å². The molecule has 0 bridgehead atoms. The first-order valence-electron chi connectivity index (χ1n) is 6.42. The number of amides is 1. The summed E-state index contributed by atoms with van der Waals surface area (Å²) in [6.45, 7) is 3.33. The van der Waals surface area contributed by atoms with Crippen LogP contribution in [0.5, 0.6) is 0 Å². The van der Waals surface area contributed by atoms with Gasteiger partial charge >= 0.3 is 0 Å². The Morgan fingerprint density at radius 2 is 2.42 bits per heavy atom. The predicted molar refractivity (Wildman–Crippen MR) is 75.3 cm³/mol.